The zero-order valence-electron chi connectivity index (χ0n) is 3.65. The largest absolute Gasteiger partial charge is 0.366 e. The zero-order valence-corrected chi connectivity index (χ0v) is 4.40. The standard InChI is InChI=1S/C3H8ClNO/c1-6-3(5)2-4/h3H,2,5H2,1H3. The predicted molar refractivity (Wildman–Crippen MR) is 25.7 cm³/mol. The predicted octanol–water partition coefficient (Wildman–Crippen LogP) is 0.156. The molecule has 0 aliphatic rings. The van der Waals surface area contributed by atoms with Crippen molar-refractivity contribution in [3.05, 3.63) is 0 Å². The molecule has 0 rings (SSSR count). The van der Waals surface area contributed by atoms with Crippen LogP contribution in [0.25, 0.3) is 0 Å². The highest BCUT2D eigenvalue weighted by atomic mass is 35.5. The number of methoxy groups -OCH3 is 1. The average molecular weight is 110 g/mol. The van der Waals surface area contributed by atoms with Gasteiger partial charge in [-0.05, 0) is 0 Å². The van der Waals surface area contributed by atoms with Crippen LogP contribution in [-0.2, 0) is 4.74 Å². The SMILES string of the molecule is COC(N)CCl. The van der Waals surface area contributed by atoms with Crippen LogP contribution in [0.15, 0.2) is 0 Å². The zero-order chi connectivity index (χ0) is 4.99. The molecule has 0 heterocycles. The average Bonchev–Trinajstić information content (AvgIpc) is 1.65. The first kappa shape index (κ1) is 6.21. The van der Waals surface area contributed by atoms with Crippen molar-refractivity contribution in [2.24, 2.45) is 5.73 Å². The molecular formula is C3H8ClNO. The summed E-state index contributed by atoms with van der Waals surface area (Å²) >= 11 is 5.20. The molecule has 0 aliphatic carbocycles. The lowest BCUT2D eigenvalue weighted by molar-refractivity contribution is 0.127. The molecule has 1 unspecified atom stereocenters. The second kappa shape index (κ2) is 3.40. The Morgan fingerprint density at radius 3 is 2.50 bits per heavy atom. The van der Waals surface area contributed by atoms with Gasteiger partial charge in [-0.25, -0.2) is 0 Å². The van der Waals surface area contributed by atoms with E-state index in [1.165, 1.54) is 7.11 Å². The monoisotopic (exact) mass is 109 g/mol. The van der Waals surface area contributed by atoms with E-state index in [9.17, 15) is 0 Å². The van der Waals surface area contributed by atoms with Gasteiger partial charge >= 0.3 is 0 Å². The van der Waals surface area contributed by atoms with Gasteiger partial charge in [-0.15, -0.1) is 11.6 Å². The first-order chi connectivity index (χ1) is 2.81. The number of halogens is 1. The Labute approximate surface area is 42.2 Å². The van der Waals surface area contributed by atoms with E-state index in [0.29, 0.717) is 5.88 Å². The van der Waals surface area contributed by atoms with Gasteiger partial charge < -0.3 is 10.5 Å². The summed E-state index contributed by atoms with van der Waals surface area (Å²) in [6, 6.07) is 0. The van der Waals surface area contributed by atoms with Crippen molar-refractivity contribution in [3.8, 4) is 0 Å². The highest BCUT2D eigenvalue weighted by Crippen LogP contribution is 1.80. The molecule has 0 fully saturated rings. The molecule has 3 heteroatoms. The van der Waals surface area contributed by atoms with Crippen molar-refractivity contribution >= 4 is 11.6 Å². The number of ether oxygens (including phenoxy) is 1. The molecule has 2 nitrogen and oxygen atoms in total. The maximum Gasteiger partial charge on any atom is 0.118 e. The molecule has 0 bridgehead atoms. The van der Waals surface area contributed by atoms with Crippen molar-refractivity contribution in [3.63, 3.8) is 0 Å². The van der Waals surface area contributed by atoms with Crippen LogP contribution in [0.1, 0.15) is 0 Å². The van der Waals surface area contributed by atoms with Gasteiger partial charge in [0.1, 0.15) is 6.23 Å². The number of hydrogen-bond acceptors (Lipinski definition) is 2. The van der Waals surface area contributed by atoms with E-state index in [1.54, 1.807) is 0 Å². The fourth-order valence-corrected chi connectivity index (χ4v) is 0.189. The molecule has 0 aromatic rings. The normalized spacial score (nSPS) is 14.5. The van der Waals surface area contributed by atoms with E-state index in [4.69, 9.17) is 17.3 Å². The maximum absolute atomic E-state index is 5.20. The Morgan fingerprint density at radius 2 is 2.50 bits per heavy atom. The van der Waals surface area contributed by atoms with Gasteiger partial charge in [-0.2, -0.15) is 0 Å². The summed E-state index contributed by atoms with van der Waals surface area (Å²) in [6.07, 6.45) is -0.299. The van der Waals surface area contributed by atoms with Crippen LogP contribution in [0.2, 0.25) is 0 Å². The lowest BCUT2D eigenvalue weighted by Crippen LogP contribution is -2.23. The summed E-state index contributed by atoms with van der Waals surface area (Å²) in [4.78, 5) is 0. The van der Waals surface area contributed by atoms with Crippen LogP contribution in [-0.4, -0.2) is 19.2 Å². The van der Waals surface area contributed by atoms with Crippen molar-refractivity contribution in [1.82, 2.24) is 0 Å². The summed E-state index contributed by atoms with van der Waals surface area (Å²) in [6.45, 7) is 0. The van der Waals surface area contributed by atoms with Crippen LogP contribution >= 0.6 is 11.6 Å². The molecule has 6 heavy (non-hydrogen) atoms. The van der Waals surface area contributed by atoms with Gasteiger partial charge in [-0.3, -0.25) is 0 Å². The molecule has 0 spiro atoms. The first-order valence-corrected chi connectivity index (χ1v) is 2.19. The van der Waals surface area contributed by atoms with Crippen LogP contribution in [0.4, 0.5) is 0 Å². The molecule has 0 aromatic carbocycles. The minimum Gasteiger partial charge on any atom is -0.366 e. The number of alkyl halides is 1. The summed E-state index contributed by atoms with van der Waals surface area (Å²) in [5, 5.41) is 0. The van der Waals surface area contributed by atoms with Crippen LogP contribution in [0, 0.1) is 0 Å². The second-order valence-corrected chi connectivity index (χ2v) is 1.24. The van der Waals surface area contributed by atoms with Gasteiger partial charge in [0.2, 0.25) is 0 Å². The highest BCUT2D eigenvalue weighted by molar-refractivity contribution is 6.18. The summed E-state index contributed by atoms with van der Waals surface area (Å²) < 4.78 is 4.55. The second-order valence-electron chi connectivity index (χ2n) is 0.928. The third-order valence-corrected chi connectivity index (χ3v) is 0.759. The van der Waals surface area contributed by atoms with Crippen molar-refractivity contribution in [2.45, 2.75) is 6.23 Å². The Bertz CT molecular complexity index is 30.0. The number of rotatable bonds is 2. The summed E-state index contributed by atoms with van der Waals surface area (Å²) in [5.41, 5.74) is 5.12. The molecule has 38 valence electrons. The van der Waals surface area contributed by atoms with Gasteiger partial charge in [0.05, 0.1) is 5.88 Å². The van der Waals surface area contributed by atoms with Gasteiger partial charge in [0, 0.05) is 7.11 Å². The van der Waals surface area contributed by atoms with Crippen LogP contribution in [0.5, 0.6) is 0 Å². The Hall–Kier alpha value is 0.210. The van der Waals surface area contributed by atoms with E-state index in [-0.39, 0.29) is 6.23 Å². The summed E-state index contributed by atoms with van der Waals surface area (Å²) in [7, 11) is 1.52. The smallest absolute Gasteiger partial charge is 0.118 e. The molecule has 2 N–H and O–H groups in total. The third-order valence-electron chi connectivity index (χ3n) is 0.455. The molecule has 0 aliphatic heterocycles. The first-order valence-electron chi connectivity index (χ1n) is 1.65. The Morgan fingerprint density at radius 1 is 2.00 bits per heavy atom. The van der Waals surface area contributed by atoms with Crippen molar-refractivity contribution in [1.29, 1.82) is 0 Å². The lowest BCUT2D eigenvalue weighted by atomic mass is 10.7. The minimum atomic E-state index is -0.299. The van der Waals surface area contributed by atoms with E-state index < -0.39 is 0 Å². The molecular weight excluding hydrogens is 101 g/mol. The fraction of sp³-hybridized carbons (Fsp3) is 1.00. The van der Waals surface area contributed by atoms with E-state index in [2.05, 4.69) is 4.74 Å². The van der Waals surface area contributed by atoms with E-state index in [0.717, 1.165) is 0 Å². The lowest BCUT2D eigenvalue weighted by Gasteiger charge is -2.00. The topological polar surface area (TPSA) is 35.2 Å². The Kier molecular flexibility index (Phi) is 3.52. The molecule has 0 saturated heterocycles. The minimum absolute atomic E-state index is 0.299. The van der Waals surface area contributed by atoms with E-state index >= 15 is 0 Å². The molecule has 0 saturated carbocycles. The van der Waals surface area contributed by atoms with Crippen LogP contribution < -0.4 is 5.73 Å². The van der Waals surface area contributed by atoms with E-state index in [1.807, 2.05) is 0 Å². The van der Waals surface area contributed by atoms with Gasteiger partial charge in [-0.1, -0.05) is 0 Å². The van der Waals surface area contributed by atoms with Gasteiger partial charge in [0.25, 0.3) is 0 Å². The number of nitrogens with two attached hydrogens (primary N) is 1. The molecule has 0 amide bonds. The maximum atomic E-state index is 5.20. The van der Waals surface area contributed by atoms with Gasteiger partial charge in [0.15, 0.2) is 0 Å². The quantitative estimate of drug-likeness (QED) is 0.405. The molecule has 1 atom stereocenters. The molecule has 0 aromatic heterocycles. The highest BCUT2D eigenvalue weighted by Gasteiger charge is 1.90. The van der Waals surface area contributed by atoms with Crippen LogP contribution in [0.3, 0.4) is 0 Å². The fourth-order valence-electron chi connectivity index (χ4n) is 0.0630. The summed E-state index contributed by atoms with van der Waals surface area (Å²) in [5.74, 6) is 0.358. The number of hydrogen-bond donors (Lipinski definition) is 1. The van der Waals surface area contributed by atoms with Crippen molar-refractivity contribution < 1.29 is 4.74 Å². The third kappa shape index (κ3) is 2.45. The molecule has 0 radical (unpaired) electrons. The van der Waals surface area contributed by atoms with Crippen molar-refractivity contribution in [2.75, 3.05) is 13.0 Å². The Balaban J connectivity index is 2.75.